The van der Waals surface area contributed by atoms with Crippen LogP contribution in [0.2, 0.25) is 10.0 Å². The highest BCUT2D eigenvalue weighted by Gasteiger charge is 2.38. The SMILES string of the molecule is COC(=O)[C@@H]1Cc2cc3c(cc2CN1C(=O)OC(C)(C)C)CC(c1ccc(OCc2ccc(Cl)c(Cl)c2)c(F)c1)CCO3. The molecule has 228 valence electrons. The van der Waals surface area contributed by atoms with Gasteiger partial charge in [-0.15, -0.1) is 0 Å². The van der Waals surface area contributed by atoms with Crippen LogP contribution in [0.5, 0.6) is 11.5 Å². The number of nitrogens with zero attached hydrogens (tertiary/aromatic N) is 1. The van der Waals surface area contributed by atoms with E-state index < -0.39 is 29.5 Å². The van der Waals surface area contributed by atoms with Gasteiger partial charge in [-0.1, -0.05) is 41.4 Å². The van der Waals surface area contributed by atoms with Crippen LogP contribution >= 0.6 is 23.2 Å². The van der Waals surface area contributed by atoms with Gasteiger partial charge in [0.15, 0.2) is 11.6 Å². The quantitative estimate of drug-likeness (QED) is 0.270. The van der Waals surface area contributed by atoms with E-state index in [0.29, 0.717) is 29.5 Å². The molecule has 0 aliphatic carbocycles. The zero-order valence-electron chi connectivity index (χ0n) is 24.5. The van der Waals surface area contributed by atoms with Gasteiger partial charge in [-0.05, 0) is 97.7 Å². The summed E-state index contributed by atoms with van der Waals surface area (Å²) >= 11 is 12.1. The number of esters is 1. The Morgan fingerprint density at radius 2 is 1.79 bits per heavy atom. The fraction of sp³-hybridized carbons (Fsp3) is 0.394. The Bertz CT molecular complexity index is 1540. The van der Waals surface area contributed by atoms with Crippen molar-refractivity contribution in [2.45, 2.75) is 70.7 Å². The van der Waals surface area contributed by atoms with Crippen molar-refractivity contribution < 1.29 is 32.9 Å². The molecule has 1 amide bonds. The number of hydrogen-bond acceptors (Lipinski definition) is 6. The standard InChI is InChI=1S/C33H34Cl2FNO6/c1-33(2,3)43-32(39)37-17-24-13-23-12-21(9-10-41-30(23)16-22(24)15-28(37)31(38)40-4)20-6-8-29(27(36)14-20)42-18-19-5-7-25(34)26(35)11-19/h5-8,11,13-14,16,21,28H,9-10,12,15,17-18H2,1-4H3/t21?,28-/m0/s1. The molecule has 0 aromatic heterocycles. The van der Waals surface area contributed by atoms with Crippen molar-refractivity contribution in [3.63, 3.8) is 0 Å². The molecule has 2 atom stereocenters. The van der Waals surface area contributed by atoms with E-state index in [-0.39, 0.29) is 31.2 Å². The molecule has 2 heterocycles. The number of amides is 1. The van der Waals surface area contributed by atoms with Crippen molar-refractivity contribution in [3.05, 3.63) is 92.2 Å². The van der Waals surface area contributed by atoms with Gasteiger partial charge in [-0.3, -0.25) is 4.90 Å². The Labute approximate surface area is 260 Å². The molecule has 3 aromatic carbocycles. The van der Waals surface area contributed by atoms with Crippen molar-refractivity contribution in [2.75, 3.05) is 13.7 Å². The summed E-state index contributed by atoms with van der Waals surface area (Å²) in [5.41, 5.74) is 3.69. The van der Waals surface area contributed by atoms with E-state index in [9.17, 15) is 9.59 Å². The van der Waals surface area contributed by atoms with Crippen molar-refractivity contribution in [1.82, 2.24) is 4.90 Å². The first kappa shape index (κ1) is 31.0. The third kappa shape index (κ3) is 7.19. The molecule has 0 N–H and O–H groups in total. The maximum Gasteiger partial charge on any atom is 0.411 e. The van der Waals surface area contributed by atoms with Gasteiger partial charge in [-0.25, -0.2) is 14.0 Å². The maximum absolute atomic E-state index is 15.2. The smallest absolute Gasteiger partial charge is 0.411 e. The van der Waals surface area contributed by atoms with Gasteiger partial charge in [0, 0.05) is 6.42 Å². The van der Waals surface area contributed by atoms with Gasteiger partial charge in [-0.2, -0.15) is 0 Å². The monoisotopic (exact) mass is 629 g/mol. The van der Waals surface area contributed by atoms with Crippen molar-refractivity contribution >= 4 is 35.3 Å². The molecule has 2 aliphatic rings. The first-order valence-electron chi connectivity index (χ1n) is 14.1. The largest absolute Gasteiger partial charge is 0.493 e. The number of methoxy groups -OCH3 is 1. The van der Waals surface area contributed by atoms with Gasteiger partial charge < -0.3 is 18.9 Å². The number of ether oxygens (including phenoxy) is 4. The van der Waals surface area contributed by atoms with Crippen LogP contribution in [0.3, 0.4) is 0 Å². The number of carbonyl (C=O) groups excluding carboxylic acids is 2. The predicted molar refractivity (Wildman–Crippen MR) is 161 cm³/mol. The van der Waals surface area contributed by atoms with Crippen LogP contribution in [0.4, 0.5) is 9.18 Å². The lowest BCUT2D eigenvalue weighted by Gasteiger charge is -2.36. The van der Waals surface area contributed by atoms with Gasteiger partial charge in [0.2, 0.25) is 0 Å². The molecule has 43 heavy (non-hydrogen) atoms. The molecule has 0 bridgehead atoms. The second kappa shape index (κ2) is 12.6. The van der Waals surface area contributed by atoms with Crippen molar-refractivity contribution in [3.8, 4) is 11.5 Å². The summed E-state index contributed by atoms with van der Waals surface area (Å²) in [5.74, 6) is -0.0606. The molecule has 0 spiro atoms. The molecule has 1 unspecified atom stereocenters. The van der Waals surface area contributed by atoms with E-state index in [0.717, 1.165) is 33.6 Å². The number of carbonyl (C=O) groups is 2. The second-order valence-electron chi connectivity index (χ2n) is 11.8. The highest BCUT2D eigenvalue weighted by molar-refractivity contribution is 6.42. The molecule has 5 rings (SSSR count). The lowest BCUT2D eigenvalue weighted by molar-refractivity contribution is -0.147. The summed E-state index contributed by atoms with van der Waals surface area (Å²) in [6.07, 6.45) is 1.03. The Kier molecular flexibility index (Phi) is 9.09. The predicted octanol–water partition coefficient (Wildman–Crippen LogP) is 7.66. The first-order valence-corrected chi connectivity index (χ1v) is 14.9. The zero-order chi connectivity index (χ0) is 30.9. The van der Waals surface area contributed by atoms with E-state index in [1.807, 2.05) is 18.2 Å². The minimum atomic E-state index is -0.802. The molecular weight excluding hydrogens is 596 g/mol. The minimum Gasteiger partial charge on any atom is -0.493 e. The second-order valence-corrected chi connectivity index (χ2v) is 12.7. The van der Waals surface area contributed by atoms with E-state index >= 15 is 4.39 Å². The summed E-state index contributed by atoms with van der Waals surface area (Å²) in [6.45, 7) is 6.15. The van der Waals surface area contributed by atoms with Crippen LogP contribution in [-0.2, 0) is 40.3 Å². The van der Waals surface area contributed by atoms with Crippen LogP contribution in [0, 0.1) is 5.82 Å². The van der Waals surface area contributed by atoms with Crippen molar-refractivity contribution in [2.24, 2.45) is 0 Å². The number of hydrogen-bond donors (Lipinski definition) is 0. The highest BCUT2D eigenvalue weighted by Crippen LogP contribution is 2.38. The fourth-order valence-electron chi connectivity index (χ4n) is 5.46. The molecule has 0 fully saturated rings. The van der Waals surface area contributed by atoms with Crippen LogP contribution in [0.15, 0.2) is 48.5 Å². The lowest BCUT2D eigenvalue weighted by Crippen LogP contribution is -2.50. The molecule has 2 aliphatic heterocycles. The average molecular weight is 631 g/mol. The summed E-state index contributed by atoms with van der Waals surface area (Å²) in [6, 6.07) is 13.4. The van der Waals surface area contributed by atoms with Gasteiger partial charge in [0.25, 0.3) is 0 Å². The van der Waals surface area contributed by atoms with E-state index in [1.54, 1.807) is 45.0 Å². The molecule has 0 radical (unpaired) electrons. The van der Waals surface area contributed by atoms with Gasteiger partial charge >= 0.3 is 12.1 Å². The minimum absolute atomic E-state index is 0.00582. The van der Waals surface area contributed by atoms with Crippen LogP contribution < -0.4 is 9.47 Å². The Morgan fingerprint density at radius 1 is 1.00 bits per heavy atom. The normalized spacial score (nSPS) is 18.1. The number of rotatable bonds is 5. The van der Waals surface area contributed by atoms with Crippen LogP contribution in [0.1, 0.15) is 60.9 Å². The zero-order valence-corrected chi connectivity index (χ0v) is 26.1. The average Bonchev–Trinajstić information content (AvgIpc) is 3.17. The van der Waals surface area contributed by atoms with E-state index in [1.165, 1.54) is 18.1 Å². The van der Waals surface area contributed by atoms with Crippen LogP contribution in [-0.4, -0.2) is 42.3 Å². The van der Waals surface area contributed by atoms with Gasteiger partial charge in [0.05, 0.1) is 30.3 Å². The Balaban J connectivity index is 1.34. The first-order chi connectivity index (χ1) is 20.4. The maximum atomic E-state index is 15.2. The molecule has 0 saturated carbocycles. The topological polar surface area (TPSA) is 74.3 Å². The fourth-order valence-corrected chi connectivity index (χ4v) is 5.78. The summed E-state index contributed by atoms with van der Waals surface area (Å²) in [5, 5.41) is 0.859. The van der Waals surface area contributed by atoms with Crippen molar-refractivity contribution in [1.29, 1.82) is 0 Å². The number of halogens is 3. The summed E-state index contributed by atoms with van der Waals surface area (Å²) < 4.78 is 37.6. The molecular formula is C33H34Cl2FNO6. The molecule has 3 aromatic rings. The van der Waals surface area contributed by atoms with Gasteiger partial charge in [0.1, 0.15) is 24.0 Å². The number of benzene rings is 3. The third-order valence-corrected chi connectivity index (χ3v) is 8.35. The Morgan fingerprint density at radius 3 is 2.49 bits per heavy atom. The number of fused-ring (bicyclic) bond motifs is 2. The molecule has 10 heteroatoms. The van der Waals surface area contributed by atoms with E-state index in [4.69, 9.17) is 42.1 Å². The third-order valence-electron chi connectivity index (χ3n) is 7.61. The summed E-state index contributed by atoms with van der Waals surface area (Å²) in [4.78, 5) is 27.1. The summed E-state index contributed by atoms with van der Waals surface area (Å²) in [7, 11) is 1.31. The highest BCUT2D eigenvalue weighted by atomic mass is 35.5. The van der Waals surface area contributed by atoms with E-state index in [2.05, 4.69) is 0 Å². The lowest BCUT2D eigenvalue weighted by atomic mass is 9.86. The molecule has 0 saturated heterocycles. The Hall–Kier alpha value is -3.49. The molecule has 7 nitrogen and oxygen atoms in total. The van der Waals surface area contributed by atoms with Crippen LogP contribution in [0.25, 0.3) is 0 Å².